The largest absolute Gasteiger partial charge is 0.421 e. The van der Waals surface area contributed by atoms with E-state index in [2.05, 4.69) is 39.1 Å². The van der Waals surface area contributed by atoms with Crippen molar-refractivity contribution in [1.29, 1.82) is 0 Å². The van der Waals surface area contributed by atoms with E-state index in [9.17, 15) is 13.2 Å². The Labute approximate surface area is 202 Å². The molecule has 0 radical (unpaired) electrons. The maximum absolute atomic E-state index is 13.8. The summed E-state index contributed by atoms with van der Waals surface area (Å²) in [7, 11) is 0. The van der Waals surface area contributed by atoms with E-state index in [4.69, 9.17) is 4.84 Å². The first-order valence-corrected chi connectivity index (χ1v) is 11.8. The summed E-state index contributed by atoms with van der Waals surface area (Å²) in [4.78, 5) is 16.1. The van der Waals surface area contributed by atoms with Gasteiger partial charge in [0.15, 0.2) is 5.82 Å². The highest BCUT2D eigenvalue weighted by Crippen LogP contribution is 2.41. The van der Waals surface area contributed by atoms with Crippen molar-refractivity contribution in [1.82, 2.24) is 24.6 Å². The molecule has 8 nitrogen and oxygen atoms in total. The van der Waals surface area contributed by atoms with Gasteiger partial charge in [-0.1, -0.05) is 44.2 Å². The van der Waals surface area contributed by atoms with Gasteiger partial charge >= 0.3 is 6.18 Å². The van der Waals surface area contributed by atoms with Crippen molar-refractivity contribution in [2.45, 2.75) is 45.5 Å². The van der Waals surface area contributed by atoms with Gasteiger partial charge in [-0.3, -0.25) is 9.52 Å². The van der Waals surface area contributed by atoms with E-state index in [-0.39, 0.29) is 17.8 Å². The van der Waals surface area contributed by atoms with Crippen molar-refractivity contribution in [3.8, 4) is 0 Å². The highest BCUT2D eigenvalue weighted by atomic mass is 19.4. The van der Waals surface area contributed by atoms with Crippen molar-refractivity contribution >= 4 is 17.5 Å². The number of aryl methyl sites for hydroxylation is 1. The lowest BCUT2D eigenvalue weighted by molar-refractivity contribution is -0.138. The molecule has 3 aromatic rings. The fourth-order valence-electron chi connectivity index (χ4n) is 4.13. The van der Waals surface area contributed by atoms with Gasteiger partial charge in [-0.25, -0.2) is 10.0 Å². The number of alkyl halides is 3. The van der Waals surface area contributed by atoms with E-state index in [0.29, 0.717) is 18.7 Å². The third kappa shape index (κ3) is 6.09. The number of nitrogens with zero attached hydrogens (tertiary/aromatic N) is 6. The first-order valence-electron chi connectivity index (χ1n) is 11.8. The van der Waals surface area contributed by atoms with Crippen LogP contribution >= 0.6 is 0 Å². The van der Waals surface area contributed by atoms with Crippen molar-refractivity contribution in [3.05, 3.63) is 60.0 Å². The minimum absolute atomic E-state index is 0.0398. The lowest BCUT2D eigenvalue weighted by atomic mass is 10.0. The summed E-state index contributed by atoms with van der Waals surface area (Å²) in [5.74, 6) is -0.272. The zero-order chi connectivity index (χ0) is 24.8. The fraction of sp³-hybridized carbons (Fsp3) is 0.458. The van der Waals surface area contributed by atoms with Crippen LogP contribution in [0.5, 0.6) is 0 Å². The summed E-state index contributed by atoms with van der Waals surface area (Å²) in [6.45, 7) is 8.27. The number of rotatable bonds is 10. The van der Waals surface area contributed by atoms with Crippen LogP contribution in [0.4, 0.5) is 30.6 Å². The Balaban J connectivity index is 1.52. The Morgan fingerprint density at radius 2 is 1.91 bits per heavy atom. The summed E-state index contributed by atoms with van der Waals surface area (Å²) < 4.78 is 43.3. The van der Waals surface area contributed by atoms with Crippen molar-refractivity contribution in [3.63, 3.8) is 0 Å². The molecule has 1 fully saturated rings. The first-order chi connectivity index (χ1) is 16.9. The molecule has 1 atom stereocenters. The number of halogens is 3. The van der Waals surface area contributed by atoms with E-state index >= 15 is 0 Å². The molecule has 188 valence electrons. The molecule has 1 N–H and O–H groups in total. The van der Waals surface area contributed by atoms with E-state index in [1.807, 2.05) is 30.3 Å². The lowest BCUT2D eigenvalue weighted by Gasteiger charge is -2.26. The highest BCUT2D eigenvalue weighted by Gasteiger charge is 2.40. The molecule has 0 unspecified atom stereocenters. The van der Waals surface area contributed by atoms with Crippen LogP contribution in [0.3, 0.4) is 0 Å². The molecular formula is C24H30F3N7O. The van der Waals surface area contributed by atoms with Gasteiger partial charge in [0.05, 0.1) is 24.5 Å². The number of hydroxylamine groups is 1. The van der Waals surface area contributed by atoms with Gasteiger partial charge in [0.2, 0.25) is 5.95 Å². The van der Waals surface area contributed by atoms with Crippen LogP contribution < -0.4 is 10.4 Å². The van der Waals surface area contributed by atoms with Crippen molar-refractivity contribution in [2.75, 3.05) is 36.6 Å². The number of nitrogens with one attached hydrogen (secondary N) is 1. The third-order valence-corrected chi connectivity index (χ3v) is 6.02. The molecule has 2 aromatic heterocycles. The molecule has 11 heteroatoms. The standard InChI is InChI=1S/C24H30F3N7O/c1-3-32(4-2)12-8-13-33-17-19(15-29-33)30-23-28-16-20(24(25,26)27)22(31-23)34-21(11-14-35-34)18-9-6-5-7-10-18/h5-7,9-10,15-17,21H,3-4,8,11-14H2,1-2H3,(H,28,30,31)/t21-/m0/s1. The normalized spacial score (nSPS) is 16.3. The number of benzene rings is 1. The predicted octanol–water partition coefficient (Wildman–Crippen LogP) is 5.05. The Morgan fingerprint density at radius 1 is 1.14 bits per heavy atom. The highest BCUT2D eigenvalue weighted by molar-refractivity contribution is 5.56. The monoisotopic (exact) mass is 489 g/mol. The first kappa shape index (κ1) is 24.9. The summed E-state index contributed by atoms with van der Waals surface area (Å²) in [6.07, 6.45) is 1.06. The van der Waals surface area contributed by atoms with Crippen LogP contribution in [0.2, 0.25) is 0 Å². The molecule has 1 aliphatic rings. The maximum atomic E-state index is 13.8. The van der Waals surface area contributed by atoms with E-state index in [1.165, 1.54) is 5.06 Å². The average molecular weight is 490 g/mol. The molecule has 1 aromatic carbocycles. The van der Waals surface area contributed by atoms with E-state index in [0.717, 1.165) is 44.4 Å². The Hall–Kier alpha value is -3.18. The Bertz CT molecular complexity index is 1090. The fourth-order valence-corrected chi connectivity index (χ4v) is 4.13. The molecule has 0 spiro atoms. The number of hydrogen-bond acceptors (Lipinski definition) is 7. The minimum Gasteiger partial charge on any atom is -0.321 e. The molecule has 0 bridgehead atoms. The third-order valence-electron chi connectivity index (χ3n) is 6.02. The maximum Gasteiger partial charge on any atom is 0.421 e. The van der Waals surface area contributed by atoms with E-state index < -0.39 is 11.7 Å². The second-order valence-corrected chi connectivity index (χ2v) is 8.30. The van der Waals surface area contributed by atoms with Crippen LogP contribution in [-0.2, 0) is 17.6 Å². The summed E-state index contributed by atoms with van der Waals surface area (Å²) >= 11 is 0. The van der Waals surface area contributed by atoms with Gasteiger partial charge in [-0.2, -0.15) is 23.3 Å². The Kier molecular flexibility index (Phi) is 7.86. The minimum atomic E-state index is -4.63. The summed E-state index contributed by atoms with van der Waals surface area (Å²) in [6, 6.07) is 8.92. The zero-order valence-electron chi connectivity index (χ0n) is 19.9. The Morgan fingerprint density at radius 3 is 2.63 bits per heavy atom. The number of aromatic nitrogens is 4. The van der Waals surface area contributed by atoms with Gasteiger partial charge in [-0.15, -0.1) is 0 Å². The second kappa shape index (κ2) is 11.0. The molecule has 4 rings (SSSR count). The van der Waals surface area contributed by atoms with Crippen LogP contribution in [0.1, 0.15) is 43.9 Å². The number of hydrogen-bond donors (Lipinski definition) is 1. The van der Waals surface area contributed by atoms with E-state index in [1.54, 1.807) is 17.1 Å². The molecule has 0 aliphatic carbocycles. The SMILES string of the molecule is CCN(CC)CCCn1cc(Nc2ncc(C(F)(F)F)c(N3OCC[C@H]3c3ccccc3)n2)cn1. The van der Waals surface area contributed by atoms with Crippen LogP contribution in [0.15, 0.2) is 48.9 Å². The van der Waals surface area contributed by atoms with Crippen molar-refractivity contribution < 1.29 is 18.0 Å². The van der Waals surface area contributed by atoms with Crippen LogP contribution in [0.25, 0.3) is 0 Å². The smallest absolute Gasteiger partial charge is 0.321 e. The molecule has 1 saturated heterocycles. The molecular weight excluding hydrogens is 459 g/mol. The molecule has 3 heterocycles. The number of anilines is 3. The molecule has 1 aliphatic heterocycles. The molecule has 0 amide bonds. The predicted molar refractivity (Wildman–Crippen MR) is 127 cm³/mol. The van der Waals surface area contributed by atoms with Gasteiger partial charge in [0.1, 0.15) is 5.56 Å². The quantitative estimate of drug-likeness (QED) is 0.427. The summed E-state index contributed by atoms with van der Waals surface area (Å²) in [5.41, 5.74) is 0.510. The van der Waals surface area contributed by atoms with Crippen molar-refractivity contribution in [2.24, 2.45) is 0 Å². The van der Waals surface area contributed by atoms with Gasteiger partial charge < -0.3 is 10.2 Å². The second-order valence-electron chi connectivity index (χ2n) is 8.30. The topological polar surface area (TPSA) is 71.3 Å². The van der Waals surface area contributed by atoms with Gasteiger partial charge in [0, 0.05) is 25.4 Å². The molecule has 0 saturated carbocycles. The van der Waals surface area contributed by atoms with Gasteiger partial charge in [-0.05, 0) is 31.6 Å². The summed E-state index contributed by atoms with van der Waals surface area (Å²) in [5, 5.41) is 8.56. The van der Waals surface area contributed by atoms with Gasteiger partial charge in [0.25, 0.3) is 0 Å². The average Bonchev–Trinajstić information content (AvgIpc) is 3.51. The zero-order valence-corrected chi connectivity index (χ0v) is 19.9. The lowest BCUT2D eigenvalue weighted by Crippen LogP contribution is -2.26. The van der Waals surface area contributed by atoms with Crippen LogP contribution in [-0.4, -0.2) is 50.9 Å². The van der Waals surface area contributed by atoms with Crippen LogP contribution in [0, 0.1) is 0 Å². The molecule has 35 heavy (non-hydrogen) atoms.